The summed E-state index contributed by atoms with van der Waals surface area (Å²) >= 11 is 0. The molecule has 0 aromatic heterocycles. The lowest BCUT2D eigenvalue weighted by atomic mass is 9.86. The first-order valence-electron chi connectivity index (χ1n) is 10.1. The molecule has 0 aliphatic carbocycles. The maximum atomic E-state index is 13.0. The molecule has 1 heterocycles. The molecule has 0 saturated heterocycles. The van der Waals surface area contributed by atoms with Gasteiger partial charge in [0, 0.05) is 33.3 Å². The highest BCUT2D eigenvalue weighted by atomic mass is 16.5. The molecule has 32 heavy (non-hydrogen) atoms. The highest BCUT2D eigenvalue weighted by Gasteiger charge is 2.27. The second-order valence-electron chi connectivity index (χ2n) is 7.41. The first-order valence-corrected chi connectivity index (χ1v) is 10.1. The van der Waals surface area contributed by atoms with Gasteiger partial charge in [0.05, 0.1) is 12.2 Å². The van der Waals surface area contributed by atoms with Crippen LogP contribution in [0.15, 0.2) is 78.4 Å². The van der Waals surface area contributed by atoms with Crippen molar-refractivity contribution in [1.82, 2.24) is 5.32 Å². The molecule has 3 aromatic rings. The molecule has 0 spiro atoms. The van der Waals surface area contributed by atoms with Crippen LogP contribution in [0.25, 0.3) is 16.3 Å². The SMILES string of the molecule is C=C(C)C(=O)OCCNC(=O)/C(C#N)=C1\c2ccccc2Nc2c1ccc1ccccc21. The molecule has 6 heteroatoms. The van der Waals surface area contributed by atoms with Crippen molar-refractivity contribution in [3.8, 4) is 6.07 Å². The number of nitrogens with zero attached hydrogens (tertiary/aromatic N) is 1. The number of esters is 1. The molecule has 0 saturated carbocycles. The van der Waals surface area contributed by atoms with Crippen molar-refractivity contribution in [3.63, 3.8) is 0 Å². The maximum Gasteiger partial charge on any atom is 0.333 e. The summed E-state index contributed by atoms with van der Waals surface area (Å²) in [6.45, 7) is 5.14. The summed E-state index contributed by atoms with van der Waals surface area (Å²) in [5, 5.41) is 18.1. The van der Waals surface area contributed by atoms with E-state index < -0.39 is 11.9 Å². The largest absolute Gasteiger partial charge is 0.460 e. The van der Waals surface area contributed by atoms with Gasteiger partial charge in [0.25, 0.3) is 5.91 Å². The Morgan fingerprint density at radius 2 is 1.81 bits per heavy atom. The van der Waals surface area contributed by atoms with E-state index in [9.17, 15) is 14.9 Å². The molecule has 1 aliphatic rings. The number of hydrogen-bond acceptors (Lipinski definition) is 5. The molecule has 0 bridgehead atoms. The lowest BCUT2D eigenvalue weighted by Gasteiger charge is -2.26. The molecule has 1 amide bonds. The fraction of sp³-hybridized carbons (Fsp3) is 0.115. The van der Waals surface area contributed by atoms with Crippen molar-refractivity contribution in [3.05, 3.63) is 89.5 Å². The van der Waals surface area contributed by atoms with Crippen LogP contribution in [0.5, 0.6) is 0 Å². The van der Waals surface area contributed by atoms with Gasteiger partial charge in [-0.05, 0) is 18.4 Å². The van der Waals surface area contributed by atoms with E-state index >= 15 is 0 Å². The standard InChI is InChI=1S/C26H21N3O3/c1-16(2)26(31)32-14-13-28-25(30)21(15-27)23-19-9-5-6-10-22(19)29-24-18-8-4-3-7-17(18)11-12-20(23)24/h3-12,29H,1,13-14H2,2H3,(H,28,30)/b23-21+. The summed E-state index contributed by atoms with van der Waals surface area (Å²) in [6.07, 6.45) is 0. The Labute approximate surface area is 185 Å². The quantitative estimate of drug-likeness (QED) is 0.214. The summed E-state index contributed by atoms with van der Waals surface area (Å²) in [5.41, 5.74) is 4.08. The Morgan fingerprint density at radius 1 is 1.06 bits per heavy atom. The van der Waals surface area contributed by atoms with Gasteiger partial charge in [0.2, 0.25) is 0 Å². The van der Waals surface area contributed by atoms with Gasteiger partial charge in [-0.1, -0.05) is 61.2 Å². The first kappa shape index (κ1) is 20.9. The number of nitriles is 1. The van der Waals surface area contributed by atoms with Crippen LogP contribution in [0, 0.1) is 11.3 Å². The average Bonchev–Trinajstić information content (AvgIpc) is 2.81. The van der Waals surface area contributed by atoms with Gasteiger partial charge in [0.1, 0.15) is 18.2 Å². The summed E-state index contributed by atoms with van der Waals surface area (Å²) in [7, 11) is 0. The van der Waals surface area contributed by atoms with Crippen molar-refractivity contribution in [2.24, 2.45) is 0 Å². The number of hydrogen-bond donors (Lipinski definition) is 2. The van der Waals surface area contributed by atoms with Crippen LogP contribution in [0.2, 0.25) is 0 Å². The van der Waals surface area contributed by atoms with E-state index in [-0.39, 0.29) is 24.3 Å². The van der Waals surface area contributed by atoms with Crippen LogP contribution < -0.4 is 10.6 Å². The van der Waals surface area contributed by atoms with Crippen molar-refractivity contribution < 1.29 is 14.3 Å². The second-order valence-corrected chi connectivity index (χ2v) is 7.41. The minimum atomic E-state index is -0.523. The maximum absolute atomic E-state index is 13.0. The van der Waals surface area contributed by atoms with Crippen molar-refractivity contribution in [2.75, 3.05) is 18.5 Å². The molecule has 0 radical (unpaired) electrons. The lowest BCUT2D eigenvalue weighted by molar-refractivity contribution is -0.139. The lowest BCUT2D eigenvalue weighted by Crippen LogP contribution is -2.30. The number of ether oxygens (including phenoxy) is 1. The van der Waals surface area contributed by atoms with Crippen molar-refractivity contribution in [2.45, 2.75) is 6.92 Å². The predicted molar refractivity (Wildman–Crippen MR) is 124 cm³/mol. The summed E-state index contributed by atoms with van der Waals surface area (Å²) in [5.74, 6) is -1.05. The normalized spacial score (nSPS) is 13.1. The molecule has 158 valence electrons. The van der Waals surface area contributed by atoms with Crippen molar-refractivity contribution >= 4 is 39.6 Å². The number of carbonyl (C=O) groups is 2. The highest BCUT2D eigenvalue weighted by Crippen LogP contribution is 2.45. The Morgan fingerprint density at radius 3 is 2.59 bits per heavy atom. The summed E-state index contributed by atoms with van der Waals surface area (Å²) < 4.78 is 5.01. The molecule has 0 fully saturated rings. The van der Waals surface area contributed by atoms with Crippen LogP contribution >= 0.6 is 0 Å². The number of fused-ring (bicyclic) bond motifs is 4. The Hall–Kier alpha value is -4.37. The molecule has 0 atom stereocenters. The number of carbonyl (C=O) groups excluding carboxylic acids is 2. The number of amides is 1. The van der Waals surface area contributed by atoms with Gasteiger partial charge in [-0.2, -0.15) is 5.26 Å². The topological polar surface area (TPSA) is 91.2 Å². The number of rotatable bonds is 5. The van der Waals surface area contributed by atoms with Crippen LogP contribution in [0.1, 0.15) is 18.1 Å². The zero-order valence-corrected chi connectivity index (χ0v) is 17.6. The van der Waals surface area contributed by atoms with E-state index in [4.69, 9.17) is 4.74 Å². The molecule has 6 nitrogen and oxygen atoms in total. The second kappa shape index (κ2) is 8.78. The fourth-order valence-corrected chi connectivity index (χ4v) is 3.71. The molecular weight excluding hydrogens is 402 g/mol. The van der Waals surface area contributed by atoms with Crippen LogP contribution in [0.3, 0.4) is 0 Å². The minimum Gasteiger partial charge on any atom is -0.460 e. The Balaban J connectivity index is 1.74. The van der Waals surface area contributed by atoms with E-state index in [0.29, 0.717) is 5.57 Å². The van der Waals surface area contributed by atoms with E-state index in [2.05, 4.69) is 23.3 Å². The van der Waals surface area contributed by atoms with Crippen LogP contribution in [-0.4, -0.2) is 25.0 Å². The van der Waals surface area contributed by atoms with Gasteiger partial charge < -0.3 is 15.4 Å². The molecule has 4 rings (SSSR count). The predicted octanol–water partition coefficient (Wildman–Crippen LogP) is 4.46. The van der Waals surface area contributed by atoms with E-state index in [1.165, 1.54) is 0 Å². The highest BCUT2D eigenvalue weighted by molar-refractivity contribution is 6.15. The Bertz CT molecular complexity index is 1330. The minimum absolute atomic E-state index is 0.00158. The van der Waals surface area contributed by atoms with Crippen LogP contribution in [0.4, 0.5) is 11.4 Å². The molecular formula is C26H21N3O3. The number of nitrogens with one attached hydrogen (secondary N) is 2. The fourth-order valence-electron chi connectivity index (χ4n) is 3.71. The molecule has 3 aromatic carbocycles. The third kappa shape index (κ3) is 3.84. The summed E-state index contributed by atoms with van der Waals surface area (Å²) in [4.78, 5) is 24.5. The van der Waals surface area contributed by atoms with Gasteiger partial charge in [-0.25, -0.2) is 4.79 Å². The number of para-hydroxylation sites is 1. The zero-order valence-electron chi connectivity index (χ0n) is 17.6. The number of benzene rings is 3. The monoisotopic (exact) mass is 423 g/mol. The van der Waals surface area contributed by atoms with Gasteiger partial charge >= 0.3 is 5.97 Å². The van der Waals surface area contributed by atoms with Crippen LogP contribution in [-0.2, 0) is 14.3 Å². The van der Waals surface area contributed by atoms with Gasteiger partial charge in [-0.3, -0.25) is 4.79 Å². The van der Waals surface area contributed by atoms with E-state index in [1.54, 1.807) is 6.92 Å². The molecule has 1 aliphatic heterocycles. The smallest absolute Gasteiger partial charge is 0.333 e. The molecule has 2 N–H and O–H groups in total. The van der Waals surface area contributed by atoms with Gasteiger partial charge in [0.15, 0.2) is 0 Å². The molecule has 0 unspecified atom stereocenters. The number of anilines is 2. The van der Waals surface area contributed by atoms with Crippen molar-refractivity contribution in [1.29, 1.82) is 5.26 Å². The third-order valence-electron chi connectivity index (χ3n) is 5.21. The zero-order chi connectivity index (χ0) is 22.7. The van der Waals surface area contributed by atoms with E-state index in [0.717, 1.165) is 33.3 Å². The third-order valence-corrected chi connectivity index (χ3v) is 5.21. The average molecular weight is 423 g/mol. The Kier molecular flexibility index (Phi) is 5.73. The van der Waals surface area contributed by atoms with E-state index in [1.807, 2.05) is 60.7 Å². The van der Waals surface area contributed by atoms with Gasteiger partial charge in [-0.15, -0.1) is 0 Å². The summed E-state index contributed by atoms with van der Waals surface area (Å²) in [6, 6.07) is 21.5. The first-order chi connectivity index (χ1) is 15.5.